The van der Waals surface area contributed by atoms with Crippen molar-refractivity contribution in [2.45, 2.75) is 31.5 Å². The van der Waals surface area contributed by atoms with E-state index < -0.39 is 18.2 Å². The molecule has 0 aromatic rings. The zero-order valence-electron chi connectivity index (χ0n) is 7.13. The summed E-state index contributed by atoms with van der Waals surface area (Å²) in [6, 6.07) is -0.863. The Bertz CT molecular complexity index is 205. The molecule has 0 radical (unpaired) electrons. The molecule has 0 aliphatic carbocycles. The van der Waals surface area contributed by atoms with Crippen LogP contribution in [0.1, 0.15) is 19.3 Å². The number of azide groups is 1. The van der Waals surface area contributed by atoms with Crippen LogP contribution in [0.15, 0.2) is 5.11 Å². The van der Waals surface area contributed by atoms with Crippen molar-refractivity contribution in [3.8, 4) is 0 Å². The van der Waals surface area contributed by atoms with Crippen LogP contribution in [0.2, 0.25) is 0 Å². The Morgan fingerprint density at radius 1 is 1.54 bits per heavy atom. The molecule has 5 N–H and O–H groups in total. The summed E-state index contributed by atoms with van der Waals surface area (Å²) in [5.41, 5.74) is 18.6. The van der Waals surface area contributed by atoms with Gasteiger partial charge in [-0.25, -0.2) is 0 Å². The van der Waals surface area contributed by atoms with Crippen LogP contribution in [-0.4, -0.2) is 23.3 Å². The molecule has 0 bridgehead atoms. The normalized spacial score (nSPS) is 14.3. The second kappa shape index (κ2) is 6.24. The summed E-state index contributed by atoms with van der Waals surface area (Å²) < 4.78 is 0. The first-order valence-electron chi connectivity index (χ1n) is 3.86. The van der Waals surface area contributed by atoms with Crippen LogP contribution in [0.3, 0.4) is 0 Å². The summed E-state index contributed by atoms with van der Waals surface area (Å²) in [4.78, 5) is 12.8. The summed E-state index contributed by atoms with van der Waals surface area (Å²) >= 11 is 0. The number of rotatable bonds is 6. The van der Waals surface area contributed by atoms with E-state index in [2.05, 4.69) is 10.0 Å². The van der Waals surface area contributed by atoms with Gasteiger partial charge in [0.2, 0.25) is 0 Å². The number of hydrogen-bond donors (Lipinski definition) is 3. The lowest BCUT2D eigenvalue weighted by molar-refractivity contribution is -0.138. The Kier molecular flexibility index (Phi) is 5.62. The van der Waals surface area contributed by atoms with Gasteiger partial charge in [-0.1, -0.05) is 5.11 Å². The van der Waals surface area contributed by atoms with E-state index in [9.17, 15) is 4.79 Å². The molecule has 7 heteroatoms. The van der Waals surface area contributed by atoms with Crippen molar-refractivity contribution < 1.29 is 9.90 Å². The van der Waals surface area contributed by atoms with Crippen molar-refractivity contribution in [3.63, 3.8) is 0 Å². The summed E-state index contributed by atoms with van der Waals surface area (Å²) in [5.74, 6) is -1.03. The third-order valence-electron chi connectivity index (χ3n) is 1.53. The van der Waals surface area contributed by atoms with E-state index >= 15 is 0 Å². The molecule has 0 spiro atoms. The van der Waals surface area contributed by atoms with Gasteiger partial charge >= 0.3 is 5.97 Å². The minimum Gasteiger partial charge on any atom is -0.480 e. The first-order chi connectivity index (χ1) is 6.07. The topological polar surface area (TPSA) is 138 Å². The zero-order valence-corrected chi connectivity index (χ0v) is 7.13. The molecule has 0 amide bonds. The van der Waals surface area contributed by atoms with Gasteiger partial charge in [-0.15, -0.1) is 0 Å². The van der Waals surface area contributed by atoms with Gasteiger partial charge in [0.15, 0.2) is 0 Å². The molecule has 0 heterocycles. The van der Waals surface area contributed by atoms with Crippen LogP contribution in [0.4, 0.5) is 0 Å². The molecule has 0 saturated heterocycles. The second-order valence-electron chi connectivity index (χ2n) is 2.65. The van der Waals surface area contributed by atoms with Gasteiger partial charge in [0.25, 0.3) is 0 Å². The highest BCUT2D eigenvalue weighted by Crippen LogP contribution is 2.02. The zero-order chi connectivity index (χ0) is 10.3. The molecule has 0 rings (SSSR count). The molecular weight excluding hydrogens is 174 g/mol. The minimum absolute atomic E-state index is 0.337. The molecule has 2 atom stereocenters. The first kappa shape index (κ1) is 11.7. The standard InChI is InChI=1S/C6H13N5O2/c7-4(6(12)13)2-1-3-5(8)10-11-9/h4-5H,1-3,7-8H2,(H,12,13)/t4-,5?/m0/s1. The van der Waals surface area contributed by atoms with Gasteiger partial charge in [-0.05, 0) is 24.8 Å². The number of carboxylic acid groups (broad SMARTS) is 1. The van der Waals surface area contributed by atoms with E-state index in [4.69, 9.17) is 22.1 Å². The third-order valence-corrected chi connectivity index (χ3v) is 1.53. The van der Waals surface area contributed by atoms with Crippen molar-refractivity contribution >= 4 is 5.97 Å². The predicted molar refractivity (Wildman–Crippen MR) is 46.6 cm³/mol. The smallest absolute Gasteiger partial charge is 0.320 e. The van der Waals surface area contributed by atoms with Crippen LogP contribution in [-0.2, 0) is 4.79 Å². The van der Waals surface area contributed by atoms with Crippen molar-refractivity contribution in [1.29, 1.82) is 0 Å². The quantitative estimate of drug-likeness (QED) is 0.309. The van der Waals surface area contributed by atoms with E-state index in [1.165, 1.54) is 0 Å². The highest BCUT2D eigenvalue weighted by atomic mass is 16.4. The number of hydrogen-bond acceptors (Lipinski definition) is 4. The molecule has 74 valence electrons. The maximum Gasteiger partial charge on any atom is 0.320 e. The van der Waals surface area contributed by atoms with Gasteiger partial charge in [0.05, 0.1) is 6.17 Å². The lowest BCUT2D eigenvalue weighted by atomic mass is 10.1. The van der Waals surface area contributed by atoms with Crippen LogP contribution < -0.4 is 11.5 Å². The average molecular weight is 187 g/mol. The molecule has 0 aromatic carbocycles. The van der Waals surface area contributed by atoms with Crippen molar-refractivity contribution in [3.05, 3.63) is 10.4 Å². The number of carboxylic acids is 1. The number of nitrogens with two attached hydrogens (primary N) is 2. The molecule has 0 saturated carbocycles. The molecule has 0 aliphatic heterocycles. The van der Waals surface area contributed by atoms with Gasteiger partial charge in [0, 0.05) is 4.91 Å². The first-order valence-corrected chi connectivity index (χ1v) is 3.86. The number of nitrogens with zero attached hydrogens (tertiary/aromatic N) is 3. The Morgan fingerprint density at radius 3 is 2.62 bits per heavy atom. The summed E-state index contributed by atoms with van der Waals surface area (Å²) in [5, 5.41) is 11.6. The largest absolute Gasteiger partial charge is 0.480 e. The molecule has 0 fully saturated rings. The Morgan fingerprint density at radius 2 is 2.15 bits per heavy atom. The van der Waals surface area contributed by atoms with Crippen LogP contribution in [0.5, 0.6) is 0 Å². The molecule has 13 heavy (non-hydrogen) atoms. The second-order valence-corrected chi connectivity index (χ2v) is 2.65. The molecular formula is C6H13N5O2. The number of carbonyl (C=O) groups is 1. The maximum atomic E-state index is 10.3. The average Bonchev–Trinajstić information content (AvgIpc) is 2.04. The Hall–Kier alpha value is -1.30. The van der Waals surface area contributed by atoms with E-state index in [1.807, 2.05) is 0 Å². The third kappa shape index (κ3) is 5.92. The fourth-order valence-corrected chi connectivity index (χ4v) is 0.794. The number of aliphatic carboxylic acids is 1. The van der Waals surface area contributed by atoms with Gasteiger partial charge < -0.3 is 16.6 Å². The van der Waals surface area contributed by atoms with Crippen LogP contribution in [0, 0.1) is 0 Å². The maximum absolute atomic E-state index is 10.3. The van der Waals surface area contributed by atoms with Crippen molar-refractivity contribution in [2.24, 2.45) is 16.6 Å². The van der Waals surface area contributed by atoms with Crippen LogP contribution >= 0.6 is 0 Å². The van der Waals surface area contributed by atoms with Crippen molar-refractivity contribution in [1.82, 2.24) is 0 Å². The highest BCUT2D eigenvalue weighted by molar-refractivity contribution is 5.72. The monoisotopic (exact) mass is 187 g/mol. The van der Waals surface area contributed by atoms with Gasteiger partial charge in [-0.3, -0.25) is 4.79 Å². The fourth-order valence-electron chi connectivity index (χ4n) is 0.794. The van der Waals surface area contributed by atoms with E-state index in [-0.39, 0.29) is 0 Å². The fraction of sp³-hybridized carbons (Fsp3) is 0.833. The summed E-state index contributed by atoms with van der Waals surface area (Å²) in [6.07, 6.45) is 0.730. The molecule has 0 aromatic heterocycles. The van der Waals surface area contributed by atoms with Gasteiger partial charge in [0.1, 0.15) is 6.04 Å². The molecule has 0 aliphatic rings. The lowest BCUT2D eigenvalue weighted by Gasteiger charge is -2.07. The summed E-state index contributed by atoms with van der Waals surface area (Å²) in [7, 11) is 0. The Balaban J connectivity index is 3.55. The SMILES string of the molecule is [N-]=[N+]=NC(N)CCC[C@H](N)C(=O)O. The highest BCUT2D eigenvalue weighted by Gasteiger charge is 2.10. The molecule has 1 unspecified atom stereocenters. The van der Waals surface area contributed by atoms with E-state index in [0.717, 1.165) is 0 Å². The summed E-state index contributed by atoms with van der Waals surface area (Å²) in [6.45, 7) is 0. The minimum atomic E-state index is -1.03. The van der Waals surface area contributed by atoms with E-state index in [0.29, 0.717) is 19.3 Å². The van der Waals surface area contributed by atoms with Gasteiger partial charge in [-0.2, -0.15) is 0 Å². The van der Waals surface area contributed by atoms with E-state index in [1.54, 1.807) is 0 Å². The predicted octanol–water partition coefficient (Wildman–Crippen LogP) is 0.164. The van der Waals surface area contributed by atoms with Crippen molar-refractivity contribution in [2.75, 3.05) is 0 Å². The molecule has 7 nitrogen and oxygen atoms in total. The lowest BCUT2D eigenvalue weighted by Crippen LogP contribution is -2.30. The van der Waals surface area contributed by atoms with Crippen LogP contribution in [0.25, 0.3) is 10.4 Å². The Labute approximate surface area is 75.3 Å².